The number of carbonyl (C=O) groups is 1. The number of nitrogens with one attached hydrogen (secondary N) is 1. The van der Waals surface area contributed by atoms with Gasteiger partial charge in [-0.1, -0.05) is 6.92 Å². The molecule has 2 aliphatic rings. The summed E-state index contributed by atoms with van der Waals surface area (Å²) in [5, 5.41) is 0. The van der Waals surface area contributed by atoms with Crippen molar-refractivity contribution in [3.8, 4) is 0 Å². The second-order valence-corrected chi connectivity index (χ2v) is 9.27. The van der Waals surface area contributed by atoms with Crippen LogP contribution in [0.1, 0.15) is 63.9 Å². The number of aromatic nitrogens is 3. The lowest BCUT2D eigenvalue weighted by atomic mass is 9.95. The summed E-state index contributed by atoms with van der Waals surface area (Å²) in [6, 6.07) is 0. The monoisotopic (exact) mass is 402 g/mol. The number of nitrogens with zero attached hydrogens (tertiary/aromatic N) is 3. The molecular weight excluding hydrogens is 372 g/mol. The van der Waals surface area contributed by atoms with Crippen LogP contribution in [0, 0.1) is 5.92 Å². The van der Waals surface area contributed by atoms with Crippen molar-refractivity contribution in [1.82, 2.24) is 19.3 Å². The van der Waals surface area contributed by atoms with Crippen LogP contribution in [0.15, 0.2) is 17.2 Å². The van der Waals surface area contributed by atoms with Gasteiger partial charge in [0.05, 0.1) is 6.20 Å². The molecule has 0 aliphatic carbocycles. The van der Waals surface area contributed by atoms with Crippen molar-refractivity contribution in [1.29, 1.82) is 0 Å². The molecule has 2 fully saturated rings. The van der Waals surface area contributed by atoms with E-state index >= 15 is 0 Å². The van der Waals surface area contributed by atoms with E-state index in [1.54, 1.807) is 11.1 Å². The minimum atomic E-state index is -0.527. The van der Waals surface area contributed by atoms with Gasteiger partial charge in [0.2, 0.25) is 0 Å². The van der Waals surface area contributed by atoms with Crippen molar-refractivity contribution in [2.24, 2.45) is 5.92 Å². The van der Waals surface area contributed by atoms with Crippen LogP contribution >= 0.6 is 0 Å². The molecule has 2 atom stereocenters. The second-order valence-electron chi connectivity index (χ2n) is 9.27. The van der Waals surface area contributed by atoms with Crippen molar-refractivity contribution < 1.29 is 14.3 Å². The maximum absolute atomic E-state index is 12.7. The topological polar surface area (TPSA) is 88.9 Å². The van der Waals surface area contributed by atoms with Crippen molar-refractivity contribution in [2.75, 3.05) is 26.3 Å². The summed E-state index contributed by atoms with van der Waals surface area (Å²) >= 11 is 0. The molecule has 0 saturated carbocycles. The Bertz CT molecular complexity index is 952. The molecule has 0 radical (unpaired) electrons. The Morgan fingerprint density at radius 2 is 2.00 bits per heavy atom. The number of amides is 1. The van der Waals surface area contributed by atoms with Crippen molar-refractivity contribution in [3.05, 3.63) is 34.3 Å². The third-order valence-electron chi connectivity index (χ3n) is 5.83. The zero-order valence-corrected chi connectivity index (χ0v) is 17.6. The van der Waals surface area contributed by atoms with E-state index in [4.69, 9.17) is 9.47 Å². The van der Waals surface area contributed by atoms with Gasteiger partial charge in [0.1, 0.15) is 16.9 Å². The number of likely N-dealkylation sites (tertiary alicyclic amines) is 1. The van der Waals surface area contributed by atoms with Crippen LogP contribution in [0.5, 0.6) is 0 Å². The molecule has 4 heterocycles. The summed E-state index contributed by atoms with van der Waals surface area (Å²) in [7, 11) is 0. The maximum atomic E-state index is 12.7. The average molecular weight is 402 g/mol. The highest BCUT2D eigenvalue weighted by Crippen LogP contribution is 2.33. The van der Waals surface area contributed by atoms with E-state index < -0.39 is 5.60 Å². The van der Waals surface area contributed by atoms with Gasteiger partial charge in [-0.2, -0.15) is 0 Å². The van der Waals surface area contributed by atoms with Crippen LogP contribution in [0.25, 0.3) is 5.52 Å². The number of imidazole rings is 1. The lowest BCUT2D eigenvalue weighted by molar-refractivity contribution is 0.0287. The fraction of sp³-hybridized carbons (Fsp3) is 0.667. The fourth-order valence-corrected chi connectivity index (χ4v) is 4.34. The number of H-pyrrole nitrogens is 1. The molecule has 2 aromatic rings. The molecule has 0 aromatic carbocycles. The molecule has 8 heteroatoms. The minimum Gasteiger partial charge on any atom is -0.444 e. The SMILES string of the molecule is CC1CN(C(=O)OC(C)(C)C)CC1c1cn2c(C3CCOCC3)ncc2c(=O)[nH]1. The Labute approximate surface area is 170 Å². The zero-order valence-electron chi connectivity index (χ0n) is 17.6. The van der Waals surface area contributed by atoms with Crippen LogP contribution in [0.4, 0.5) is 4.79 Å². The summed E-state index contributed by atoms with van der Waals surface area (Å²) in [5.74, 6) is 1.47. The Hall–Kier alpha value is -2.35. The summed E-state index contributed by atoms with van der Waals surface area (Å²) in [4.78, 5) is 34.5. The standard InChI is InChI=1S/C21H30N4O4/c1-13-10-24(20(27)29-21(2,3)4)11-15(13)16-12-25-17(19(26)23-16)9-22-18(25)14-5-7-28-8-6-14/h9,12-15H,5-8,10-11H2,1-4H3,(H,23,26). The Balaban J connectivity index is 1.62. The molecule has 2 saturated heterocycles. The smallest absolute Gasteiger partial charge is 0.410 e. The Morgan fingerprint density at radius 3 is 2.69 bits per heavy atom. The fourth-order valence-electron chi connectivity index (χ4n) is 4.34. The first-order valence-electron chi connectivity index (χ1n) is 10.4. The lowest BCUT2D eigenvalue weighted by Gasteiger charge is -2.24. The molecule has 2 aliphatic heterocycles. The number of rotatable bonds is 2. The maximum Gasteiger partial charge on any atom is 0.410 e. The van der Waals surface area contributed by atoms with Crippen LogP contribution in [-0.2, 0) is 9.47 Å². The molecule has 2 unspecified atom stereocenters. The lowest BCUT2D eigenvalue weighted by Crippen LogP contribution is -2.35. The first-order valence-corrected chi connectivity index (χ1v) is 10.4. The largest absolute Gasteiger partial charge is 0.444 e. The number of hydrogen-bond donors (Lipinski definition) is 1. The number of carbonyl (C=O) groups excluding carboxylic acids is 1. The summed E-state index contributed by atoms with van der Waals surface area (Å²) in [5.41, 5.74) is 0.731. The van der Waals surface area contributed by atoms with Gasteiger partial charge in [0.15, 0.2) is 0 Å². The van der Waals surface area contributed by atoms with E-state index in [0.717, 1.165) is 37.6 Å². The second kappa shape index (κ2) is 7.48. The predicted molar refractivity (Wildman–Crippen MR) is 108 cm³/mol. The normalized spacial score (nSPS) is 23.7. The molecule has 158 valence electrons. The third-order valence-corrected chi connectivity index (χ3v) is 5.83. The van der Waals surface area contributed by atoms with Gasteiger partial charge in [-0.05, 0) is 39.5 Å². The van der Waals surface area contributed by atoms with Crippen LogP contribution in [-0.4, -0.2) is 57.3 Å². The van der Waals surface area contributed by atoms with Gasteiger partial charge in [0, 0.05) is 50.0 Å². The molecule has 8 nitrogen and oxygen atoms in total. The van der Waals surface area contributed by atoms with E-state index in [1.165, 1.54) is 0 Å². The molecule has 29 heavy (non-hydrogen) atoms. The molecule has 2 aromatic heterocycles. The Kier molecular flexibility index (Phi) is 5.14. The molecule has 1 N–H and O–H groups in total. The van der Waals surface area contributed by atoms with Crippen LogP contribution in [0.3, 0.4) is 0 Å². The van der Waals surface area contributed by atoms with Gasteiger partial charge in [-0.15, -0.1) is 0 Å². The first-order chi connectivity index (χ1) is 13.7. The van der Waals surface area contributed by atoms with Crippen LogP contribution in [0.2, 0.25) is 0 Å². The molecule has 4 rings (SSSR count). The van der Waals surface area contributed by atoms with Crippen molar-refractivity contribution in [3.63, 3.8) is 0 Å². The summed E-state index contributed by atoms with van der Waals surface area (Å²) in [6.45, 7) is 10.3. The third kappa shape index (κ3) is 4.03. The first kappa shape index (κ1) is 19.9. The number of ether oxygens (including phenoxy) is 2. The summed E-state index contributed by atoms with van der Waals surface area (Å²) in [6.07, 6.45) is 5.16. The van der Waals surface area contributed by atoms with Gasteiger partial charge in [-0.3, -0.25) is 9.20 Å². The number of aromatic amines is 1. The van der Waals surface area contributed by atoms with E-state index in [1.807, 2.05) is 31.4 Å². The van der Waals surface area contributed by atoms with Gasteiger partial charge >= 0.3 is 6.09 Å². The quantitative estimate of drug-likeness (QED) is 0.834. The van der Waals surface area contributed by atoms with Crippen molar-refractivity contribution >= 4 is 11.6 Å². The van der Waals surface area contributed by atoms with Gasteiger partial charge < -0.3 is 19.4 Å². The van der Waals surface area contributed by atoms with E-state index in [0.29, 0.717) is 24.5 Å². The molecular formula is C21H30N4O4. The number of fused-ring (bicyclic) bond motifs is 1. The molecule has 1 amide bonds. The van der Waals surface area contributed by atoms with E-state index in [-0.39, 0.29) is 23.5 Å². The predicted octanol–water partition coefficient (Wildman–Crippen LogP) is 2.89. The van der Waals surface area contributed by atoms with Crippen LogP contribution < -0.4 is 5.56 Å². The van der Waals surface area contributed by atoms with Gasteiger partial charge in [0.25, 0.3) is 5.56 Å². The average Bonchev–Trinajstić information content (AvgIpc) is 3.25. The van der Waals surface area contributed by atoms with Crippen molar-refractivity contribution in [2.45, 2.75) is 58.0 Å². The highest BCUT2D eigenvalue weighted by molar-refractivity contribution is 5.68. The highest BCUT2D eigenvalue weighted by atomic mass is 16.6. The van der Waals surface area contributed by atoms with Gasteiger partial charge in [-0.25, -0.2) is 9.78 Å². The molecule has 0 bridgehead atoms. The zero-order chi connectivity index (χ0) is 20.8. The van der Waals surface area contributed by atoms with E-state index in [9.17, 15) is 9.59 Å². The Morgan fingerprint density at radius 1 is 1.28 bits per heavy atom. The summed E-state index contributed by atoms with van der Waals surface area (Å²) < 4.78 is 12.9. The number of hydrogen-bond acceptors (Lipinski definition) is 5. The minimum absolute atomic E-state index is 0.0459. The highest BCUT2D eigenvalue weighted by Gasteiger charge is 2.36. The van der Waals surface area contributed by atoms with E-state index in [2.05, 4.69) is 16.9 Å². The molecule has 0 spiro atoms.